The summed E-state index contributed by atoms with van der Waals surface area (Å²) in [5.74, 6) is -0.0163. The highest BCUT2D eigenvalue weighted by Crippen LogP contribution is 2.38. The molecular formula is C12H12F3NOS. The van der Waals surface area contributed by atoms with E-state index in [9.17, 15) is 18.0 Å². The lowest BCUT2D eigenvalue weighted by Crippen LogP contribution is -2.10. The van der Waals surface area contributed by atoms with Gasteiger partial charge in [-0.1, -0.05) is 6.08 Å². The Bertz CT molecular complexity index is 457. The van der Waals surface area contributed by atoms with E-state index < -0.39 is 17.6 Å². The molecule has 6 heteroatoms. The van der Waals surface area contributed by atoms with E-state index in [1.165, 1.54) is 25.1 Å². The molecule has 0 bridgehead atoms. The molecule has 1 N–H and O–H groups in total. The maximum absolute atomic E-state index is 12.8. The Labute approximate surface area is 107 Å². The Morgan fingerprint density at radius 2 is 2.17 bits per heavy atom. The molecule has 0 heterocycles. The second-order valence-electron chi connectivity index (χ2n) is 3.49. The third-order valence-corrected chi connectivity index (χ3v) is 3.03. The van der Waals surface area contributed by atoms with Gasteiger partial charge < -0.3 is 5.32 Å². The van der Waals surface area contributed by atoms with Crippen molar-refractivity contribution >= 4 is 23.4 Å². The molecule has 1 aromatic rings. The number of hydrogen-bond donors (Lipinski definition) is 1. The summed E-state index contributed by atoms with van der Waals surface area (Å²) in [6, 6.07) is 3.73. The fourth-order valence-electron chi connectivity index (χ4n) is 1.31. The predicted molar refractivity (Wildman–Crippen MR) is 66.7 cm³/mol. The van der Waals surface area contributed by atoms with Crippen molar-refractivity contribution in [3.63, 3.8) is 0 Å². The minimum Gasteiger partial charge on any atom is -0.326 e. The topological polar surface area (TPSA) is 29.1 Å². The molecule has 0 atom stereocenters. The molecule has 0 aromatic heterocycles. The van der Waals surface area contributed by atoms with Gasteiger partial charge >= 0.3 is 6.18 Å². The summed E-state index contributed by atoms with van der Waals surface area (Å²) in [7, 11) is 0. The van der Waals surface area contributed by atoms with Crippen molar-refractivity contribution in [2.45, 2.75) is 18.0 Å². The van der Waals surface area contributed by atoms with E-state index in [4.69, 9.17) is 0 Å². The number of alkyl halides is 3. The van der Waals surface area contributed by atoms with E-state index in [-0.39, 0.29) is 10.6 Å². The van der Waals surface area contributed by atoms with Crippen LogP contribution in [-0.2, 0) is 11.0 Å². The average Bonchev–Trinajstić information content (AvgIpc) is 2.25. The van der Waals surface area contributed by atoms with E-state index >= 15 is 0 Å². The molecular weight excluding hydrogens is 263 g/mol. The van der Waals surface area contributed by atoms with E-state index in [0.717, 1.165) is 17.8 Å². The molecule has 18 heavy (non-hydrogen) atoms. The van der Waals surface area contributed by atoms with Gasteiger partial charge in [0.2, 0.25) is 5.91 Å². The summed E-state index contributed by atoms with van der Waals surface area (Å²) < 4.78 is 38.5. The van der Waals surface area contributed by atoms with Gasteiger partial charge in [-0.25, -0.2) is 0 Å². The van der Waals surface area contributed by atoms with Gasteiger partial charge in [-0.3, -0.25) is 4.79 Å². The number of carbonyl (C=O) groups is 1. The fraction of sp³-hybridized carbons (Fsp3) is 0.250. The third-order valence-electron chi connectivity index (χ3n) is 1.96. The van der Waals surface area contributed by atoms with Crippen molar-refractivity contribution in [2.24, 2.45) is 0 Å². The monoisotopic (exact) mass is 275 g/mol. The van der Waals surface area contributed by atoms with Gasteiger partial charge in [0.25, 0.3) is 0 Å². The zero-order valence-electron chi connectivity index (χ0n) is 9.67. The first-order chi connectivity index (χ1) is 8.34. The molecule has 0 saturated carbocycles. The first-order valence-corrected chi connectivity index (χ1v) is 6.05. The highest BCUT2D eigenvalue weighted by Gasteiger charge is 2.33. The molecule has 1 rings (SSSR count). The number of halogens is 3. The summed E-state index contributed by atoms with van der Waals surface area (Å²) in [6.07, 6.45) is -2.91. The summed E-state index contributed by atoms with van der Waals surface area (Å²) in [4.78, 5) is 10.9. The van der Waals surface area contributed by atoms with Gasteiger partial charge in [0.05, 0.1) is 5.56 Å². The van der Waals surface area contributed by atoms with Gasteiger partial charge in [-0.2, -0.15) is 13.2 Å². The summed E-state index contributed by atoms with van der Waals surface area (Å²) in [5.41, 5.74) is -0.613. The molecule has 0 aliphatic heterocycles. The van der Waals surface area contributed by atoms with Crippen LogP contribution in [0.2, 0.25) is 0 Å². The van der Waals surface area contributed by atoms with Gasteiger partial charge in [0.15, 0.2) is 0 Å². The van der Waals surface area contributed by atoms with Gasteiger partial charge in [-0.05, 0) is 18.2 Å². The number of benzene rings is 1. The number of hydrogen-bond acceptors (Lipinski definition) is 2. The van der Waals surface area contributed by atoms with Crippen LogP contribution in [0.5, 0.6) is 0 Å². The van der Waals surface area contributed by atoms with Crippen LogP contribution in [0.3, 0.4) is 0 Å². The number of thioether (sulfide) groups is 1. The normalized spacial score (nSPS) is 11.1. The minimum absolute atomic E-state index is 0.122. The molecule has 98 valence electrons. The van der Waals surface area contributed by atoms with Crippen molar-refractivity contribution in [1.29, 1.82) is 0 Å². The molecule has 0 spiro atoms. The number of amides is 1. The fourth-order valence-corrected chi connectivity index (χ4v) is 2.10. The number of nitrogens with one attached hydrogen (secondary N) is 1. The molecule has 2 nitrogen and oxygen atoms in total. The molecule has 0 aliphatic rings. The molecule has 0 fully saturated rings. The Morgan fingerprint density at radius 3 is 2.67 bits per heavy atom. The molecule has 0 aliphatic carbocycles. The number of carbonyl (C=O) groups excluding carboxylic acids is 1. The lowest BCUT2D eigenvalue weighted by molar-refractivity contribution is -0.139. The molecule has 0 radical (unpaired) electrons. The maximum atomic E-state index is 12.8. The maximum Gasteiger partial charge on any atom is 0.417 e. The van der Waals surface area contributed by atoms with Crippen LogP contribution < -0.4 is 5.32 Å². The second-order valence-corrected chi connectivity index (χ2v) is 4.55. The Hall–Kier alpha value is -1.43. The van der Waals surface area contributed by atoms with Gasteiger partial charge in [-0.15, -0.1) is 18.3 Å². The van der Waals surface area contributed by atoms with E-state index in [1.807, 2.05) is 0 Å². The zero-order chi connectivity index (χ0) is 13.8. The molecule has 1 amide bonds. The van der Waals surface area contributed by atoms with Crippen molar-refractivity contribution in [3.05, 3.63) is 36.4 Å². The van der Waals surface area contributed by atoms with Crippen molar-refractivity contribution in [1.82, 2.24) is 0 Å². The third kappa shape index (κ3) is 4.10. The number of anilines is 1. The van der Waals surface area contributed by atoms with E-state index in [1.54, 1.807) is 0 Å². The average molecular weight is 275 g/mol. The van der Waals surface area contributed by atoms with Crippen molar-refractivity contribution in [3.8, 4) is 0 Å². The Kier molecular flexibility index (Phi) is 4.84. The van der Waals surface area contributed by atoms with Crippen LogP contribution in [0.4, 0.5) is 18.9 Å². The quantitative estimate of drug-likeness (QED) is 0.666. The highest BCUT2D eigenvalue weighted by molar-refractivity contribution is 7.99. The Balaban J connectivity index is 3.12. The lowest BCUT2D eigenvalue weighted by Gasteiger charge is -2.13. The second kappa shape index (κ2) is 5.95. The van der Waals surface area contributed by atoms with Gasteiger partial charge in [0.1, 0.15) is 0 Å². The summed E-state index contributed by atoms with van der Waals surface area (Å²) in [5, 5.41) is 2.33. The molecule has 0 saturated heterocycles. The Morgan fingerprint density at radius 1 is 1.50 bits per heavy atom. The van der Waals surface area contributed by atoms with Crippen LogP contribution in [0.15, 0.2) is 35.7 Å². The van der Waals surface area contributed by atoms with Crippen molar-refractivity contribution in [2.75, 3.05) is 11.1 Å². The van der Waals surface area contributed by atoms with Crippen LogP contribution in [0.25, 0.3) is 0 Å². The van der Waals surface area contributed by atoms with E-state index in [0.29, 0.717) is 5.75 Å². The van der Waals surface area contributed by atoms with Gasteiger partial charge in [0, 0.05) is 23.3 Å². The van der Waals surface area contributed by atoms with E-state index in [2.05, 4.69) is 11.9 Å². The minimum atomic E-state index is -4.45. The molecule has 0 unspecified atom stereocenters. The largest absolute Gasteiger partial charge is 0.417 e. The summed E-state index contributed by atoms with van der Waals surface area (Å²) in [6.45, 7) is 4.71. The first-order valence-electron chi connectivity index (χ1n) is 5.07. The van der Waals surface area contributed by atoms with Crippen LogP contribution in [0, 0.1) is 0 Å². The summed E-state index contributed by atoms with van der Waals surface area (Å²) >= 11 is 1.05. The van der Waals surface area contributed by atoms with Crippen LogP contribution in [0.1, 0.15) is 12.5 Å². The first kappa shape index (κ1) is 14.6. The standard InChI is InChI=1S/C12H12F3NOS/c1-3-6-18-11-5-4-9(16-8(2)17)7-10(11)12(13,14)15/h3-5,7H,1,6H2,2H3,(H,16,17). The lowest BCUT2D eigenvalue weighted by atomic mass is 10.2. The number of rotatable bonds is 4. The smallest absolute Gasteiger partial charge is 0.326 e. The van der Waals surface area contributed by atoms with Crippen molar-refractivity contribution < 1.29 is 18.0 Å². The van der Waals surface area contributed by atoms with Crippen LogP contribution >= 0.6 is 11.8 Å². The molecule has 1 aromatic carbocycles. The SMILES string of the molecule is C=CCSc1ccc(NC(C)=O)cc1C(F)(F)F. The zero-order valence-corrected chi connectivity index (χ0v) is 10.5. The predicted octanol–water partition coefficient (Wildman–Crippen LogP) is 3.94. The highest BCUT2D eigenvalue weighted by atomic mass is 32.2. The van der Waals surface area contributed by atoms with Crippen LogP contribution in [-0.4, -0.2) is 11.7 Å².